The molecule has 1 aromatic rings. The molecule has 4 heteroatoms. The average molecular weight is 222 g/mol. The quantitative estimate of drug-likeness (QED) is 0.832. The number of hydrogen-bond acceptors (Lipinski definition) is 3. The Kier molecular flexibility index (Phi) is 3.93. The lowest BCUT2D eigenvalue weighted by Gasteiger charge is -2.10. The Morgan fingerprint density at radius 2 is 2.25 bits per heavy atom. The number of rotatable bonds is 5. The molecule has 16 heavy (non-hydrogen) atoms. The largest absolute Gasteiger partial charge is 0.309 e. The molecule has 0 saturated heterocycles. The van der Waals surface area contributed by atoms with E-state index in [4.69, 9.17) is 0 Å². The van der Waals surface area contributed by atoms with Crippen LogP contribution >= 0.6 is 0 Å². The standard InChI is InChI=1S/C12H22N4/c1-3-8-13-10(2)12-9-16(15-14-12)11-6-4-5-7-11/h9-11,13H,3-8H2,1-2H3. The van der Waals surface area contributed by atoms with Crippen LogP contribution in [0.3, 0.4) is 0 Å². The summed E-state index contributed by atoms with van der Waals surface area (Å²) in [6.07, 6.45) is 8.47. The summed E-state index contributed by atoms with van der Waals surface area (Å²) in [5, 5.41) is 12.0. The summed E-state index contributed by atoms with van der Waals surface area (Å²) < 4.78 is 2.06. The van der Waals surface area contributed by atoms with Gasteiger partial charge in [-0.2, -0.15) is 0 Å². The van der Waals surface area contributed by atoms with Gasteiger partial charge in [0.05, 0.1) is 24.0 Å². The summed E-state index contributed by atoms with van der Waals surface area (Å²) >= 11 is 0. The summed E-state index contributed by atoms with van der Waals surface area (Å²) in [6, 6.07) is 0.912. The molecule has 90 valence electrons. The smallest absolute Gasteiger partial charge is 0.0993 e. The molecule has 1 unspecified atom stereocenters. The van der Waals surface area contributed by atoms with Gasteiger partial charge in [-0.1, -0.05) is 25.0 Å². The first-order valence-corrected chi connectivity index (χ1v) is 6.46. The minimum Gasteiger partial charge on any atom is -0.309 e. The minimum atomic E-state index is 0.315. The fourth-order valence-electron chi connectivity index (χ4n) is 2.30. The highest BCUT2D eigenvalue weighted by molar-refractivity contribution is 5.00. The highest BCUT2D eigenvalue weighted by atomic mass is 15.4. The van der Waals surface area contributed by atoms with Gasteiger partial charge >= 0.3 is 0 Å². The molecule has 0 bridgehead atoms. The van der Waals surface area contributed by atoms with Crippen LogP contribution in [0.1, 0.15) is 63.7 Å². The van der Waals surface area contributed by atoms with Crippen LogP contribution in [-0.2, 0) is 0 Å². The number of nitrogens with one attached hydrogen (secondary N) is 1. The third-order valence-corrected chi connectivity index (χ3v) is 3.37. The molecule has 4 nitrogen and oxygen atoms in total. The second-order valence-electron chi connectivity index (χ2n) is 4.74. The molecule has 0 aromatic carbocycles. The second-order valence-corrected chi connectivity index (χ2v) is 4.74. The van der Waals surface area contributed by atoms with Crippen molar-refractivity contribution in [3.63, 3.8) is 0 Å². The van der Waals surface area contributed by atoms with E-state index in [9.17, 15) is 0 Å². The van der Waals surface area contributed by atoms with Crippen molar-refractivity contribution in [1.82, 2.24) is 20.3 Å². The molecule has 0 amide bonds. The molecular weight excluding hydrogens is 200 g/mol. The van der Waals surface area contributed by atoms with E-state index in [2.05, 4.69) is 40.4 Å². The van der Waals surface area contributed by atoms with E-state index in [0.29, 0.717) is 12.1 Å². The van der Waals surface area contributed by atoms with Crippen LogP contribution in [0, 0.1) is 0 Å². The SMILES string of the molecule is CCCNC(C)c1cn(C2CCCC2)nn1. The molecule has 0 spiro atoms. The molecule has 1 N–H and O–H groups in total. The third-order valence-electron chi connectivity index (χ3n) is 3.37. The summed E-state index contributed by atoms with van der Waals surface area (Å²) in [4.78, 5) is 0. The summed E-state index contributed by atoms with van der Waals surface area (Å²) in [7, 11) is 0. The van der Waals surface area contributed by atoms with E-state index in [1.54, 1.807) is 0 Å². The topological polar surface area (TPSA) is 42.7 Å². The fraction of sp³-hybridized carbons (Fsp3) is 0.833. The van der Waals surface area contributed by atoms with E-state index in [-0.39, 0.29) is 0 Å². The predicted octanol–water partition coefficient (Wildman–Crippen LogP) is 2.45. The van der Waals surface area contributed by atoms with Crippen LogP contribution in [0.2, 0.25) is 0 Å². The van der Waals surface area contributed by atoms with Crippen LogP contribution in [0.15, 0.2) is 6.20 Å². The van der Waals surface area contributed by atoms with Crippen molar-refractivity contribution in [1.29, 1.82) is 0 Å². The molecule has 1 saturated carbocycles. The zero-order valence-electron chi connectivity index (χ0n) is 10.3. The summed E-state index contributed by atoms with van der Waals surface area (Å²) in [6.45, 7) is 5.37. The van der Waals surface area contributed by atoms with Gasteiger partial charge in [-0.25, -0.2) is 4.68 Å². The number of aromatic nitrogens is 3. The molecule has 2 rings (SSSR count). The van der Waals surface area contributed by atoms with Gasteiger partial charge in [0.1, 0.15) is 0 Å². The van der Waals surface area contributed by atoms with Crippen LogP contribution < -0.4 is 5.32 Å². The van der Waals surface area contributed by atoms with Gasteiger partial charge in [-0.3, -0.25) is 0 Å². The van der Waals surface area contributed by atoms with E-state index >= 15 is 0 Å². The lowest BCUT2D eigenvalue weighted by molar-refractivity contribution is 0.454. The minimum absolute atomic E-state index is 0.315. The van der Waals surface area contributed by atoms with Gasteiger partial charge in [-0.05, 0) is 32.7 Å². The molecule has 1 fully saturated rings. The van der Waals surface area contributed by atoms with Crippen LogP contribution in [0.4, 0.5) is 0 Å². The monoisotopic (exact) mass is 222 g/mol. The van der Waals surface area contributed by atoms with E-state index in [1.807, 2.05) is 0 Å². The Bertz CT molecular complexity index is 315. The predicted molar refractivity (Wildman–Crippen MR) is 64.2 cm³/mol. The molecule has 1 aliphatic rings. The molecule has 1 heterocycles. The second kappa shape index (κ2) is 5.43. The van der Waals surface area contributed by atoms with Gasteiger partial charge in [-0.15, -0.1) is 5.10 Å². The van der Waals surface area contributed by atoms with Crippen molar-refractivity contribution in [2.75, 3.05) is 6.54 Å². The van der Waals surface area contributed by atoms with Crippen molar-refractivity contribution in [3.8, 4) is 0 Å². The summed E-state index contributed by atoms with van der Waals surface area (Å²) in [5.74, 6) is 0. The van der Waals surface area contributed by atoms with E-state index < -0.39 is 0 Å². The van der Waals surface area contributed by atoms with E-state index in [1.165, 1.54) is 25.7 Å². The maximum absolute atomic E-state index is 4.26. The van der Waals surface area contributed by atoms with Gasteiger partial charge < -0.3 is 5.32 Å². The first-order chi connectivity index (χ1) is 7.81. The maximum atomic E-state index is 4.26. The van der Waals surface area contributed by atoms with Crippen LogP contribution in [0.25, 0.3) is 0 Å². The van der Waals surface area contributed by atoms with Gasteiger partial charge in [0, 0.05) is 0 Å². The van der Waals surface area contributed by atoms with Crippen molar-refractivity contribution in [2.45, 2.75) is 58.0 Å². The average Bonchev–Trinajstić information content (AvgIpc) is 2.94. The first kappa shape index (κ1) is 11.6. The van der Waals surface area contributed by atoms with E-state index in [0.717, 1.165) is 18.7 Å². The first-order valence-electron chi connectivity index (χ1n) is 6.46. The maximum Gasteiger partial charge on any atom is 0.0993 e. The van der Waals surface area contributed by atoms with Crippen molar-refractivity contribution >= 4 is 0 Å². The Morgan fingerprint density at radius 3 is 2.94 bits per heavy atom. The van der Waals surface area contributed by atoms with Gasteiger partial charge in [0.2, 0.25) is 0 Å². The lowest BCUT2D eigenvalue weighted by Crippen LogP contribution is -2.19. The van der Waals surface area contributed by atoms with Gasteiger partial charge in [0.25, 0.3) is 0 Å². The molecule has 1 aliphatic carbocycles. The molecule has 0 aliphatic heterocycles. The van der Waals surface area contributed by atoms with Crippen molar-refractivity contribution in [3.05, 3.63) is 11.9 Å². The Morgan fingerprint density at radius 1 is 1.50 bits per heavy atom. The number of hydrogen-bond donors (Lipinski definition) is 1. The third kappa shape index (κ3) is 2.61. The Hall–Kier alpha value is -0.900. The molecule has 1 aromatic heterocycles. The van der Waals surface area contributed by atoms with Crippen LogP contribution in [-0.4, -0.2) is 21.5 Å². The number of nitrogens with zero attached hydrogens (tertiary/aromatic N) is 3. The lowest BCUT2D eigenvalue weighted by atomic mass is 10.2. The Balaban J connectivity index is 1.95. The highest BCUT2D eigenvalue weighted by Gasteiger charge is 2.19. The molecular formula is C12H22N4. The summed E-state index contributed by atoms with van der Waals surface area (Å²) in [5.41, 5.74) is 1.07. The fourth-order valence-corrected chi connectivity index (χ4v) is 2.30. The zero-order valence-corrected chi connectivity index (χ0v) is 10.3. The van der Waals surface area contributed by atoms with Gasteiger partial charge in [0.15, 0.2) is 0 Å². The van der Waals surface area contributed by atoms with Crippen molar-refractivity contribution in [2.24, 2.45) is 0 Å². The molecule has 0 radical (unpaired) electrons. The highest BCUT2D eigenvalue weighted by Crippen LogP contribution is 2.28. The van der Waals surface area contributed by atoms with Crippen molar-refractivity contribution < 1.29 is 0 Å². The van der Waals surface area contributed by atoms with Crippen LogP contribution in [0.5, 0.6) is 0 Å². The normalized spacial score (nSPS) is 19.1. The molecule has 1 atom stereocenters. The zero-order chi connectivity index (χ0) is 11.4. The Labute approximate surface area is 97.4 Å².